The van der Waals surface area contributed by atoms with Crippen molar-refractivity contribution in [3.63, 3.8) is 0 Å². The molecule has 2 aromatic heterocycles. The molecule has 0 bridgehead atoms. The molecule has 0 radical (unpaired) electrons. The van der Waals surface area contributed by atoms with Crippen molar-refractivity contribution in [2.24, 2.45) is 0 Å². The molecule has 0 saturated carbocycles. The van der Waals surface area contributed by atoms with Crippen molar-refractivity contribution in [1.29, 1.82) is 0 Å². The van der Waals surface area contributed by atoms with Crippen molar-refractivity contribution >= 4 is 28.5 Å². The summed E-state index contributed by atoms with van der Waals surface area (Å²) in [6, 6.07) is 10.2. The molecule has 0 unspecified atom stereocenters. The number of ether oxygens (including phenoxy) is 1. The van der Waals surface area contributed by atoms with Crippen molar-refractivity contribution in [1.82, 2.24) is 15.0 Å². The van der Waals surface area contributed by atoms with Crippen molar-refractivity contribution in [3.8, 4) is 11.3 Å². The lowest BCUT2D eigenvalue weighted by Crippen LogP contribution is -2.36. The molecule has 1 saturated heterocycles. The topological polar surface area (TPSA) is 54.0 Å². The third-order valence-corrected chi connectivity index (χ3v) is 4.17. The van der Waals surface area contributed by atoms with Gasteiger partial charge in [-0.1, -0.05) is 23.7 Å². The average molecular weight is 315 g/mol. The summed E-state index contributed by atoms with van der Waals surface area (Å²) in [4.78, 5) is 14.1. The summed E-state index contributed by atoms with van der Waals surface area (Å²) < 4.78 is 5.38. The molecule has 1 fully saturated rings. The van der Waals surface area contributed by atoms with Gasteiger partial charge in [0.2, 0.25) is 0 Å². The number of aromatic amines is 1. The lowest BCUT2D eigenvalue weighted by atomic mass is 10.1. The van der Waals surface area contributed by atoms with E-state index in [4.69, 9.17) is 16.3 Å². The number of imidazole rings is 1. The van der Waals surface area contributed by atoms with Crippen molar-refractivity contribution in [3.05, 3.63) is 41.7 Å². The summed E-state index contributed by atoms with van der Waals surface area (Å²) in [5, 5.41) is 0.621. The third-order valence-electron chi connectivity index (χ3n) is 3.88. The minimum atomic E-state index is 0.621. The van der Waals surface area contributed by atoms with Crippen LogP contribution in [0, 0.1) is 0 Å². The Kier molecular flexibility index (Phi) is 3.44. The first-order valence-corrected chi connectivity index (χ1v) is 7.62. The molecule has 3 heterocycles. The fraction of sp³-hybridized carbons (Fsp3) is 0.250. The number of pyridine rings is 1. The van der Waals surface area contributed by atoms with Crippen LogP contribution in [0.1, 0.15) is 0 Å². The molecule has 0 spiro atoms. The van der Waals surface area contributed by atoms with E-state index in [-0.39, 0.29) is 0 Å². The Morgan fingerprint density at radius 1 is 1.14 bits per heavy atom. The summed E-state index contributed by atoms with van der Waals surface area (Å²) in [7, 11) is 0. The number of halogens is 1. The maximum absolute atomic E-state index is 6.35. The van der Waals surface area contributed by atoms with Gasteiger partial charge in [-0.15, -0.1) is 0 Å². The zero-order chi connectivity index (χ0) is 14.9. The van der Waals surface area contributed by atoms with E-state index in [9.17, 15) is 0 Å². The Labute approximate surface area is 132 Å². The second-order valence-corrected chi connectivity index (χ2v) is 5.65. The minimum Gasteiger partial charge on any atom is -0.378 e. The number of H-pyrrole nitrogens is 1. The molecular formula is C16H15ClN4O. The van der Waals surface area contributed by atoms with Crippen molar-refractivity contribution < 1.29 is 4.74 Å². The zero-order valence-electron chi connectivity index (χ0n) is 11.9. The number of hydrogen-bond donors (Lipinski definition) is 1. The van der Waals surface area contributed by atoms with E-state index in [1.165, 1.54) is 5.69 Å². The van der Waals surface area contributed by atoms with E-state index < -0.39 is 0 Å². The van der Waals surface area contributed by atoms with E-state index in [1.54, 1.807) is 6.33 Å². The first kappa shape index (κ1) is 13.5. The molecular weight excluding hydrogens is 300 g/mol. The first-order chi connectivity index (χ1) is 10.8. The van der Waals surface area contributed by atoms with E-state index in [2.05, 4.69) is 44.1 Å². The fourth-order valence-corrected chi connectivity index (χ4v) is 2.96. The number of aromatic nitrogens is 3. The Morgan fingerprint density at radius 2 is 1.91 bits per heavy atom. The summed E-state index contributed by atoms with van der Waals surface area (Å²) in [5.74, 6) is 0. The number of morpholine rings is 1. The smallest absolute Gasteiger partial charge is 0.178 e. The molecule has 5 nitrogen and oxygen atoms in total. The van der Waals surface area contributed by atoms with Crippen LogP contribution in [0.15, 0.2) is 36.7 Å². The van der Waals surface area contributed by atoms with Crippen LogP contribution in [-0.2, 0) is 4.74 Å². The van der Waals surface area contributed by atoms with Gasteiger partial charge in [0.15, 0.2) is 5.65 Å². The number of fused-ring (bicyclic) bond motifs is 1. The van der Waals surface area contributed by atoms with Gasteiger partial charge in [0, 0.05) is 24.3 Å². The number of nitrogens with one attached hydrogen (secondary N) is 1. The number of rotatable bonds is 2. The highest BCUT2D eigenvalue weighted by atomic mass is 35.5. The molecule has 0 atom stereocenters. The molecule has 1 aromatic carbocycles. The molecule has 3 aromatic rings. The molecule has 1 aliphatic heterocycles. The van der Waals surface area contributed by atoms with Gasteiger partial charge >= 0.3 is 0 Å². The number of anilines is 1. The highest BCUT2D eigenvalue weighted by Gasteiger charge is 2.13. The van der Waals surface area contributed by atoms with Crippen molar-refractivity contribution in [2.45, 2.75) is 0 Å². The molecule has 4 rings (SSSR count). The van der Waals surface area contributed by atoms with Crippen LogP contribution in [0.5, 0.6) is 0 Å². The standard InChI is InChI=1S/C16H15ClN4O/c17-13-9-14-16(19-10-18-14)20-15(13)11-1-3-12(4-2-11)21-5-7-22-8-6-21/h1-4,9-10H,5-8H2,(H,18,19,20). The maximum atomic E-state index is 6.35. The molecule has 0 amide bonds. The van der Waals surface area contributed by atoms with E-state index in [0.29, 0.717) is 10.7 Å². The third kappa shape index (κ3) is 2.42. The molecule has 1 aliphatic rings. The predicted molar refractivity (Wildman–Crippen MR) is 87.4 cm³/mol. The second-order valence-electron chi connectivity index (χ2n) is 5.24. The van der Waals surface area contributed by atoms with Crippen LogP contribution in [0.3, 0.4) is 0 Å². The summed E-state index contributed by atoms with van der Waals surface area (Å²) in [5.41, 5.74) is 4.47. The highest BCUT2D eigenvalue weighted by molar-refractivity contribution is 6.33. The van der Waals surface area contributed by atoms with E-state index in [0.717, 1.165) is 43.1 Å². The molecule has 1 N–H and O–H groups in total. The van der Waals surface area contributed by atoms with Gasteiger partial charge in [-0.3, -0.25) is 0 Å². The van der Waals surface area contributed by atoms with Crippen LogP contribution >= 0.6 is 11.6 Å². The maximum Gasteiger partial charge on any atom is 0.178 e. The van der Waals surface area contributed by atoms with Gasteiger partial charge in [0.25, 0.3) is 0 Å². The van der Waals surface area contributed by atoms with Crippen LogP contribution in [0.2, 0.25) is 5.02 Å². The average Bonchev–Trinajstić information content (AvgIpc) is 3.02. The number of nitrogens with zero attached hydrogens (tertiary/aromatic N) is 3. The fourth-order valence-electron chi connectivity index (χ4n) is 2.70. The molecule has 22 heavy (non-hydrogen) atoms. The van der Waals surface area contributed by atoms with E-state index >= 15 is 0 Å². The lowest BCUT2D eigenvalue weighted by Gasteiger charge is -2.28. The highest BCUT2D eigenvalue weighted by Crippen LogP contribution is 2.29. The van der Waals surface area contributed by atoms with Crippen LogP contribution < -0.4 is 4.90 Å². The van der Waals surface area contributed by atoms with Gasteiger partial charge < -0.3 is 14.6 Å². The first-order valence-electron chi connectivity index (χ1n) is 7.24. The lowest BCUT2D eigenvalue weighted by molar-refractivity contribution is 0.122. The Bertz CT molecular complexity index is 794. The number of hydrogen-bond acceptors (Lipinski definition) is 4. The van der Waals surface area contributed by atoms with Crippen LogP contribution in [-0.4, -0.2) is 41.3 Å². The Balaban J connectivity index is 1.67. The van der Waals surface area contributed by atoms with Crippen LogP contribution in [0.25, 0.3) is 22.4 Å². The zero-order valence-corrected chi connectivity index (χ0v) is 12.7. The minimum absolute atomic E-state index is 0.621. The van der Waals surface area contributed by atoms with Gasteiger partial charge in [0.1, 0.15) is 0 Å². The Hall–Kier alpha value is -2.11. The second kappa shape index (κ2) is 5.59. The van der Waals surface area contributed by atoms with Crippen molar-refractivity contribution in [2.75, 3.05) is 31.2 Å². The van der Waals surface area contributed by atoms with E-state index in [1.807, 2.05) is 6.07 Å². The summed E-state index contributed by atoms with van der Waals surface area (Å²) >= 11 is 6.35. The SMILES string of the molecule is Clc1cc2[nH]cnc2nc1-c1ccc(N2CCOCC2)cc1. The molecule has 0 aliphatic carbocycles. The quantitative estimate of drug-likeness (QED) is 0.789. The molecule has 112 valence electrons. The van der Waals surface area contributed by atoms with Gasteiger partial charge in [-0.2, -0.15) is 0 Å². The predicted octanol–water partition coefficient (Wildman–Crippen LogP) is 3.11. The monoisotopic (exact) mass is 314 g/mol. The summed E-state index contributed by atoms with van der Waals surface area (Å²) in [6.45, 7) is 3.42. The normalized spacial score (nSPS) is 15.4. The Morgan fingerprint density at radius 3 is 2.68 bits per heavy atom. The summed E-state index contributed by atoms with van der Waals surface area (Å²) in [6.07, 6.45) is 1.62. The molecule has 6 heteroatoms. The largest absolute Gasteiger partial charge is 0.378 e. The van der Waals surface area contributed by atoms with Gasteiger partial charge in [-0.05, 0) is 18.2 Å². The van der Waals surface area contributed by atoms with Gasteiger partial charge in [0.05, 0.1) is 35.8 Å². The van der Waals surface area contributed by atoms with Gasteiger partial charge in [-0.25, -0.2) is 9.97 Å². The van der Waals surface area contributed by atoms with Crippen LogP contribution in [0.4, 0.5) is 5.69 Å². The number of benzene rings is 1.